The number of aromatic nitrogens is 1. The highest BCUT2D eigenvalue weighted by Gasteiger charge is 2.06. The summed E-state index contributed by atoms with van der Waals surface area (Å²) < 4.78 is 18.3. The second-order valence-corrected chi connectivity index (χ2v) is 4.15. The lowest BCUT2D eigenvalue weighted by atomic mass is 10.2. The molecule has 3 aromatic rings. The van der Waals surface area contributed by atoms with E-state index in [1.54, 1.807) is 24.6 Å². The number of hydrogen-bond acceptors (Lipinski definition) is 3. The molecule has 90 valence electrons. The summed E-state index contributed by atoms with van der Waals surface area (Å²) in [5.74, 6) is 0.195. The van der Waals surface area contributed by atoms with Gasteiger partial charge in [0.1, 0.15) is 17.2 Å². The van der Waals surface area contributed by atoms with E-state index in [1.807, 2.05) is 6.07 Å². The van der Waals surface area contributed by atoms with Gasteiger partial charge in [0.25, 0.3) is 0 Å². The lowest BCUT2D eigenvalue weighted by molar-refractivity contribution is 0.615. The van der Waals surface area contributed by atoms with Crippen molar-refractivity contribution in [2.75, 3.05) is 5.32 Å². The summed E-state index contributed by atoms with van der Waals surface area (Å²) in [5, 5.41) is 4.01. The normalized spacial score (nSPS) is 10.8. The van der Waals surface area contributed by atoms with Gasteiger partial charge in [-0.1, -0.05) is 11.6 Å². The van der Waals surface area contributed by atoms with E-state index in [0.29, 0.717) is 11.5 Å². The van der Waals surface area contributed by atoms with E-state index < -0.39 is 5.82 Å². The summed E-state index contributed by atoms with van der Waals surface area (Å²) >= 11 is 5.72. The number of halogens is 2. The van der Waals surface area contributed by atoms with Crippen molar-refractivity contribution in [3.05, 3.63) is 53.6 Å². The molecule has 5 heteroatoms. The molecule has 0 unspecified atom stereocenters. The molecular formula is C13H8ClFN2O. The van der Waals surface area contributed by atoms with Gasteiger partial charge in [-0.05, 0) is 30.3 Å². The zero-order valence-corrected chi connectivity index (χ0v) is 9.91. The third kappa shape index (κ3) is 1.91. The van der Waals surface area contributed by atoms with Gasteiger partial charge in [-0.25, -0.2) is 9.37 Å². The van der Waals surface area contributed by atoms with Gasteiger partial charge >= 0.3 is 0 Å². The molecule has 0 bridgehead atoms. The standard InChI is InChI=1S/C13H8ClFN2O/c14-10-7-8(1-2-11(10)15)17-13-9-4-6-18-12(9)3-5-16-13/h1-7H,(H,16,17). The van der Waals surface area contributed by atoms with Crippen molar-refractivity contribution in [2.24, 2.45) is 0 Å². The third-order valence-electron chi connectivity index (χ3n) is 2.56. The van der Waals surface area contributed by atoms with E-state index in [2.05, 4.69) is 10.3 Å². The van der Waals surface area contributed by atoms with Gasteiger partial charge in [-0.3, -0.25) is 0 Å². The van der Waals surface area contributed by atoms with Crippen LogP contribution in [-0.4, -0.2) is 4.98 Å². The van der Waals surface area contributed by atoms with Crippen molar-refractivity contribution < 1.29 is 8.81 Å². The molecule has 2 aromatic heterocycles. The number of furan rings is 1. The fourth-order valence-electron chi connectivity index (χ4n) is 1.70. The molecule has 0 saturated heterocycles. The molecule has 2 heterocycles. The van der Waals surface area contributed by atoms with Crippen LogP contribution >= 0.6 is 11.6 Å². The SMILES string of the molecule is Fc1ccc(Nc2nccc3occc23)cc1Cl. The number of nitrogens with one attached hydrogen (secondary N) is 1. The Labute approximate surface area is 107 Å². The second kappa shape index (κ2) is 4.31. The molecule has 0 atom stereocenters. The van der Waals surface area contributed by atoms with Gasteiger partial charge in [0.2, 0.25) is 0 Å². The summed E-state index contributed by atoms with van der Waals surface area (Å²) in [6.45, 7) is 0. The van der Waals surface area contributed by atoms with E-state index >= 15 is 0 Å². The fourth-order valence-corrected chi connectivity index (χ4v) is 1.89. The van der Waals surface area contributed by atoms with Crippen LogP contribution in [0.1, 0.15) is 0 Å². The smallest absolute Gasteiger partial charge is 0.141 e. The molecule has 0 spiro atoms. The van der Waals surface area contributed by atoms with Crippen molar-refractivity contribution in [1.29, 1.82) is 0 Å². The molecule has 3 rings (SSSR count). The molecule has 18 heavy (non-hydrogen) atoms. The third-order valence-corrected chi connectivity index (χ3v) is 2.85. The van der Waals surface area contributed by atoms with E-state index in [0.717, 1.165) is 11.0 Å². The topological polar surface area (TPSA) is 38.1 Å². The van der Waals surface area contributed by atoms with Crippen molar-refractivity contribution >= 4 is 34.1 Å². The Morgan fingerprint density at radius 1 is 1.22 bits per heavy atom. The molecule has 0 radical (unpaired) electrons. The van der Waals surface area contributed by atoms with Crippen LogP contribution in [0.3, 0.4) is 0 Å². The van der Waals surface area contributed by atoms with Crippen LogP contribution in [-0.2, 0) is 0 Å². The number of nitrogens with zero attached hydrogens (tertiary/aromatic N) is 1. The first-order valence-corrected chi connectivity index (χ1v) is 5.66. The lowest BCUT2D eigenvalue weighted by Crippen LogP contribution is -1.94. The van der Waals surface area contributed by atoms with Crippen LogP contribution in [0, 0.1) is 5.82 Å². The minimum absolute atomic E-state index is 0.0689. The molecule has 0 aliphatic carbocycles. The largest absolute Gasteiger partial charge is 0.464 e. The highest BCUT2D eigenvalue weighted by molar-refractivity contribution is 6.31. The predicted molar refractivity (Wildman–Crippen MR) is 68.7 cm³/mol. The number of hydrogen-bond donors (Lipinski definition) is 1. The fraction of sp³-hybridized carbons (Fsp3) is 0. The van der Waals surface area contributed by atoms with Crippen LogP contribution < -0.4 is 5.32 Å². The minimum atomic E-state index is -0.448. The van der Waals surface area contributed by atoms with Crippen molar-refractivity contribution in [2.45, 2.75) is 0 Å². The molecule has 3 nitrogen and oxygen atoms in total. The Morgan fingerprint density at radius 2 is 2.11 bits per heavy atom. The Kier molecular flexibility index (Phi) is 2.64. The summed E-state index contributed by atoms with van der Waals surface area (Å²) in [5.41, 5.74) is 1.41. The van der Waals surface area contributed by atoms with Gasteiger partial charge in [0.15, 0.2) is 0 Å². The number of fused-ring (bicyclic) bond motifs is 1. The number of rotatable bonds is 2. The number of benzene rings is 1. The van der Waals surface area contributed by atoms with Gasteiger partial charge in [0, 0.05) is 11.9 Å². The highest BCUT2D eigenvalue weighted by Crippen LogP contribution is 2.26. The van der Waals surface area contributed by atoms with Gasteiger partial charge in [0.05, 0.1) is 16.7 Å². The molecule has 0 aliphatic rings. The van der Waals surface area contributed by atoms with Gasteiger partial charge < -0.3 is 9.73 Å². The maximum absolute atomic E-state index is 13.1. The van der Waals surface area contributed by atoms with Crippen LogP contribution in [0.15, 0.2) is 47.2 Å². The van der Waals surface area contributed by atoms with Crippen LogP contribution in [0.5, 0.6) is 0 Å². The Morgan fingerprint density at radius 3 is 2.94 bits per heavy atom. The Bertz CT molecular complexity index is 711. The van der Waals surface area contributed by atoms with Gasteiger partial charge in [-0.2, -0.15) is 0 Å². The van der Waals surface area contributed by atoms with Crippen molar-refractivity contribution in [3.63, 3.8) is 0 Å². The first kappa shape index (κ1) is 11.0. The zero-order chi connectivity index (χ0) is 12.5. The van der Waals surface area contributed by atoms with Crippen LogP contribution in [0.4, 0.5) is 15.9 Å². The summed E-state index contributed by atoms with van der Waals surface area (Å²) in [6.07, 6.45) is 3.23. The van der Waals surface area contributed by atoms with Crippen molar-refractivity contribution in [3.8, 4) is 0 Å². The average Bonchev–Trinajstić information content (AvgIpc) is 2.83. The van der Waals surface area contributed by atoms with Crippen molar-refractivity contribution in [1.82, 2.24) is 4.98 Å². The Balaban J connectivity index is 2.01. The lowest BCUT2D eigenvalue weighted by Gasteiger charge is -2.06. The molecule has 0 amide bonds. The average molecular weight is 263 g/mol. The van der Waals surface area contributed by atoms with Gasteiger partial charge in [-0.15, -0.1) is 0 Å². The first-order valence-electron chi connectivity index (χ1n) is 5.28. The number of anilines is 2. The highest BCUT2D eigenvalue weighted by atomic mass is 35.5. The maximum atomic E-state index is 13.1. The molecule has 0 saturated carbocycles. The molecule has 1 aromatic carbocycles. The summed E-state index contributed by atoms with van der Waals surface area (Å²) in [6, 6.07) is 8.01. The Hall–Kier alpha value is -2.07. The predicted octanol–water partition coefficient (Wildman–Crippen LogP) is 4.36. The number of pyridine rings is 1. The quantitative estimate of drug-likeness (QED) is 0.745. The minimum Gasteiger partial charge on any atom is -0.464 e. The first-order chi connectivity index (χ1) is 8.74. The zero-order valence-electron chi connectivity index (χ0n) is 9.15. The van der Waals surface area contributed by atoms with E-state index in [9.17, 15) is 4.39 Å². The second-order valence-electron chi connectivity index (χ2n) is 3.75. The maximum Gasteiger partial charge on any atom is 0.141 e. The molecular weight excluding hydrogens is 255 g/mol. The molecule has 0 fully saturated rings. The van der Waals surface area contributed by atoms with Crippen LogP contribution in [0.25, 0.3) is 11.0 Å². The van der Waals surface area contributed by atoms with E-state index in [4.69, 9.17) is 16.0 Å². The molecule has 0 aliphatic heterocycles. The van der Waals surface area contributed by atoms with Crippen LogP contribution in [0.2, 0.25) is 5.02 Å². The summed E-state index contributed by atoms with van der Waals surface area (Å²) in [4.78, 5) is 4.22. The van der Waals surface area contributed by atoms with E-state index in [1.165, 1.54) is 12.1 Å². The monoisotopic (exact) mass is 262 g/mol. The summed E-state index contributed by atoms with van der Waals surface area (Å²) in [7, 11) is 0. The van der Waals surface area contributed by atoms with E-state index in [-0.39, 0.29) is 5.02 Å². The molecule has 1 N–H and O–H groups in total.